The molecule has 1 atom stereocenters. The Morgan fingerprint density at radius 3 is 2.70 bits per heavy atom. The fourth-order valence-electron chi connectivity index (χ4n) is 2.83. The van der Waals surface area contributed by atoms with E-state index in [9.17, 15) is 4.79 Å². The van der Waals surface area contributed by atoms with Crippen molar-refractivity contribution in [1.29, 1.82) is 0 Å². The zero-order valence-electron chi connectivity index (χ0n) is 14.0. The van der Waals surface area contributed by atoms with Gasteiger partial charge in [0.15, 0.2) is 11.5 Å². The van der Waals surface area contributed by atoms with Crippen LogP contribution in [0, 0.1) is 0 Å². The average molecular weight is 378 g/mol. The van der Waals surface area contributed by atoms with Gasteiger partial charge >= 0.3 is 0 Å². The van der Waals surface area contributed by atoms with Crippen LogP contribution in [0.15, 0.2) is 60.8 Å². The Kier molecular flexibility index (Phi) is 3.75. The summed E-state index contributed by atoms with van der Waals surface area (Å²) in [6, 6.07) is 17.2. The topological polar surface area (TPSA) is 77.8 Å². The van der Waals surface area contributed by atoms with Gasteiger partial charge in [0.1, 0.15) is 6.61 Å². The minimum absolute atomic E-state index is 0.156. The number of rotatable bonds is 3. The summed E-state index contributed by atoms with van der Waals surface area (Å²) in [5, 5.41) is 7.62. The van der Waals surface area contributed by atoms with E-state index in [1.807, 2.05) is 54.7 Å². The molecule has 2 aromatic heterocycles. The number of benzene rings is 2. The summed E-state index contributed by atoms with van der Waals surface area (Å²) < 4.78 is 13.0. The lowest BCUT2D eigenvalue weighted by Gasteiger charge is -2.25. The summed E-state index contributed by atoms with van der Waals surface area (Å²) in [6.45, 7) is 0.156. The molecule has 1 N–H and O–H groups in total. The lowest BCUT2D eigenvalue weighted by Crippen LogP contribution is -2.40. The molecule has 1 amide bonds. The van der Waals surface area contributed by atoms with Crippen LogP contribution < -0.4 is 14.8 Å². The van der Waals surface area contributed by atoms with E-state index in [2.05, 4.69) is 15.4 Å². The van der Waals surface area contributed by atoms with Gasteiger partial charge in [0, 0.05) is 5.56 Å². The normalized spacial score (nSPS) is 15.6. The summed E-state index contributed by atoms with van der Waals surface area (Å²) in [6.07, 6.45) is 1.11. The first-order chi connectivity index (χ1) is 13.3. The van der Waals surface area contributed by atoms with Gasteiger partial charge in [-0.2, -0.15) is 0 Å². The average Bonchev–Trinajstić information content (AvgIpc) is 3.27. The van der Waals surface area contributed by atoms with Crippen LogP contribution in [0.4, 0.5) is 5.13 Å². The third-order valence-corrected chi connectivity index (χ3v) is 4.98. The predicted molar refractivity (Wildman–Crippen MR) is 101 cm³/mol. The number of ether oxygens (including phenoxy) is 2. The van der Waals surface area contributed by atoms with Crippen molar-refractivity contribution in [3.05, 3.63) is 60.8 Å². The molecule has 134 valence electrons. The number of imidazole rings is 1. The number of aromatic nitrogens is 3. The smallest absolute Gasteiger partial charge is 0.270 e. The zero-order chi connectivity index (χ0) is 18.2. The molecule has 1 aliphatic rings. The molecule has 0 unspecified atom stereocenters. The van der Waals surface area contributed by atoms with Gasteiger partial charge in [-0.05, 0) is 12.1 Å². The first-order valence-corrected chi connectivity index (χ1v) is 9.19. The van der Waals surface area contributed by atoms with Crippen molar-refractivity contribution in [3.63, 3.8) is 0 Å². The van der Waals surface area contributed by atoms with Gasteiger partial charge in [0.2, 0.25) is 16.2 Å². The van der Waals surface area contributed by atoms with Gasteiger partial charge in [-0.15, -0.1) is 5.10 Å². The summed E-state index contributed by atoms with van der Waals surface area (Å²) in [7, 11) is 0. The third-order valence-electron chi connectivity index (χ3n) is 4.14. The van der Waals surface area contributed by atoms with Crippen LogP contribution in [0.3, 0.4) is 0 Å². The highest BCUT2D eigenvalue weighted by molar-refractivity contribution is 7.20. The first kappa shape index (κ1) is 15.8. The van der Waals surface area contributed by atoms with Gasteiger partial charge < -0.3 is 9.47 Å². The molecular weight excluding hydrogens is 364 g/mol. The van der Waals surface area contributed by atoms with Gasteiger partial charge in [0.05, 0.1) is 11.9 Å². The Balaban J connectivity index is 1.32. The fraction of sp³-hybridized carbons (Fsp3) is 0.105. The molecule has 27 heavy (non-hydrogen) atoms. The minimum Gasteiger partial charge on any atom is -0.485 e. The van der Waals surface area contributed by atoms with Crippen LogP contribution in [-0.4, -0.2) is 33.2 Å². The van der Waals surface area contributed by atoms with E-state index in [1.54, 1.807) is 10.6 Å². The molecule has 0 saturated carbocycles. The van der Waals surface area contributed by atoms with E-state index >= 15 is 0 Å². The molecule has 8 heteroatoms. The molecule has 5 rings (SSSR count). The molecule has 4 aromatic rings. The Morgan fingerprint density at radius 2 is 1.89 bits per heavy atom. The Morgan fingerprint density at radius 1 is 1.11 bits per heavy atom. The highest BCUT2D eigenvalue weighted by atomic mass is 32.1. The van der Waals surface area contributed by atoms with Crippen molar-refractivity contribution >= 4 is 27.3 Å². The fourth-order valence-corrected chi connectivity index (χ4v) is 3.62. The van der Waals surface area contributed by atoms with Gasteiger partial charge in [-0.3, -0.25) is 10.1 Å². The predicted octanol–water partition coefficient (Wildman–Crippen LogP) is 3.24. The van der Waals surface area contributed by atoms with Crippen LogP contribution in [0.25, 0.3) is 16.2 Å². The number of nitrogens with one attached hydrogen (secondary N) is 1. The molecule has 0 fully saturated rings. The molecule has 1 aliphatic heterocycles. The number of fused-ring (bicyclic) bond motifs is 2. The van der Waals surface area contributed by atoms with E-state index in [1.165, 1.54) is 11.3 Å². The minimum atomic E-state index is -0.726. The molecule has 0 aliphatic carbocycles. The van der Waals surface area contributed by atoms with Crippen LogP contribution >= 0.6 is 11.3 Å². The largest absolute Gasteiger partial charge is 0.485 e. The lowest BCUT2D eigenvalue weighted by molar-refractivity contribution is -0.125. The Bertz CT molecular complexity index is 1090. The number of para-hydroxylation sites is 2. The van der Waals surface area contributed by atoms with Crippen molar-refractivity contribution in [2.75, 3.05) is 11.9 Å². The molecule has 0 bridgehead atoms. The number of anilines is 1. The molecule has 3 heterocycles. The SMILES string of the molecule is O=C(Nc1nn2cc(-c3ccccc3)nc2s1)[C@@H]1COc2ccccc2O1. The number of hydrogen-bond acceptors (Lipinski definition) is 6. The second-order valence-corrected chi connectivity index (χ2v) is 6.94. The molecule has 0 radical (unpaired) electrons. The quantitative estimate of drug-likeness (QED) is 0.592. The molecule has 2 aromatic carbocycles. The van der Waals surface area contributed by atoms with Crippen molar-refractivity contribution < 1.29 is 14.3 Å². The van der Waals surface area contributed by atoms with E-state index < -0.39 is 6.10 Å². The second kappa shape index (κ2) is 6.40. The van der Waals surface area contributed by atoms with Crippen molar-refractivity contribution in [3.8, 4) is 22.8 Å². The highest BCUT2D eigenvalue weighted by Gasteiger charge is 2.28. The Labute approximate surface area is 158 Å². The first-order valence-electron chi connectivity index (χ1n) is 8.37. The maximum absolute atomic E-state index is 12.5. The lowest BCUT2D eigenvalue weighted by atomic mass is 10.2. The summed E-state index contributed by atoms with van der Waals surface area (Å²) in [5.74, 6) is 0.901. The summed E-state index contributed by atoms with van der Waals surface area (Å²) in [5.41, 5.74) is 1.86. The van der Waals surface area contributed by atoms with Crippen molar-refractivity contribution in [1.82, 2.24) is 14.6 Å². The summed E-state index contributed by atoms with van der Waals surface area (Å²) >= 11 is 1.30. The van der Waals surface area contributed by atoms with Gasteiger partial charge in [-0.1, -0.05) is 53.8 Å². The highest BCUT2D eigenvalue weighted by Crippen LogP contribution is 2.31. The Hall–Kier alpha value is -3.39. The molecule has 0 spiro atoms. The van der Waals surface area contributed by atoms with Crippen LogP contribution in [0.5, 0.6) is 11.5 Å². The van der Waals surface area contributed by atoms with E-state index in [4.69, 9.17) is 9.47 Å². The molecule has 7 nitrogen and oxygen atoms in total. The second-order valence-electron chi connectivity index (χ2n) is 5.98. The van der Waals surface area contributed by atoms with Crippen LogP contribution in [0.2, 0.25) is 0 Å². The van der Waals surface area contributed by atoms with Gasteiger partial charge in [-0.25, -0.2) is 9.50 Å². The van der Waals surface area contributed by atoms with Gasteiger partial charge in [0.25, 0.3) is 5.91 Å². The summed E-state index contributed by atoms with van der Waals surface area (Å²) in [4.78, 5) is 17.8. The van der Waals surface area contributed by atoms with Crippen molar-refractivity contribution in [2.24, 2.45) is 0 Å². The zero-order valence-corrected chi connectivity index (χ0v) is 14.8. The van der Waals surface area contributed by atoms with Crippen molar-refractivity contribution in [2.45, 2.75) is 6.10 Å². The maximum atomic E-state index is 12.5. The molecular formula is C19H14N4O3S. The van der Waals surface area contributed by atoms with Crippen LogP contribution in [-0.2, 0) is 4.79 Å². The number of amides is 1. The number of hydrogen-bond donors (Lipinski definition) is 1. The van der Waals surface area contributed by atoms with Crippen LogP contribution in [0.1, 0.15) is 0 Å². The maximum Gasteiger partial charge on any atom is 0.270 e. The molecule has 0 saturated heterocycles. The van der Waals surface area contributed by atoms with E-state index in [-0.39, 0.29) is 12.5 Å². The number of nitrogens with zero attached hydrogens (tertiary/aromatic N) is 3. The van der Waals surface area contributed by atoms with E-state index in [0.29, 0.717) is 21.6 Å². The number of carbonyl (C=O) groups is 1. The van der Waals surface area contributed by atoms with E-state index in [0.717, 1.165) is 11.3 Å². The monoisotopic (exact) mass is 378 g/mol. The standard InChI is InChI=1S/C19H14N4O3S/c24-17(16-11-25-14-8-4-5-9-15(14)26-16)21-18-22-23-10-13(20-19(23)27-18)12-6-2-1-3-7-12/h1-10,16H,11H2,(H,21,22,24)/t16-/m0/s1. The third kappa shape index (κ3) is 3.00. The number of carbonyl (C=O) groups excluding carboxylic acids is 1.